The molecule has 0 aliphatic heterocycles. The highest BCUT2D eigenvalue weighted by Gasteiger charge is 2.39. The quantitative estimate of drug-likeness (QED) is 0.750. The third-order valence-corrected chi connectivity index (χ3v) is 3.95. The van der Waals surface area contributed by atoms with Gasteiger partial charge in [0.2, 0.25) is 5.91 Å². The summed E-state index contributed by atoms with van der Waals surface area (Å²) in [6.45, 7) is 5.75. The highest BCUT2D eigenvalue weighted by atomic mass is 32.1. The average Bonchev–Trinajstić information content (AvgIpc) is 2.36. The summed E-state index contributed by atoms with van der Waals surface area (Å²) in [5.41, 5.74) is 6.18. The number of hydrogen-bond donors (Lipinski definition) is 2. The Morgan fingerprint density at radius 3 is 2.29 bits per heavy atom. The minimum Gasteiger partial charge on any atom is -0.392 e. The number of halogens is 1. The molecule has 0 saturated carbocycles. The molecule has 116 valence electrons. The molecule has 0 unspecified atom stereocenters. The molecule has 0 bridgehead atoms. The van der Waals surface area contributed by atoms with Gasteiger partial charge in [0.25, 0.3) is 0 Å². The zero-order valence-corrected chi connectivity index (χ0v) is 13.6. The molecule has 1 aromatic carbocycles. The number of hydrogen-bond acceptors (Lipinski definition) is 2. The lowest BCUT2D eigenvalue weighted by Crippen LogP contribution is -2.46. The largest absolute Gasteiger partial charge is 0.392 e. The molecule has 0 spiro atoms. The molecule has 1 rings (SSSR count). The summed E-state index contributed by atoms with van der Waals surface area (Å²) < 4.78 is 13.4. The molecule has 0 saturated heterocycles. The van der Waals surface area contributed by atoms with Crippen molar-refractivity contribution in [2.45, 2.75) is 46.5 Å². The maximum absolute atomic E-state index is 13.4. The smallest absolute Gasteiger partial charge is 0.237 e. The monoisotopic (exact) mass is 310 g/mol. The summed E-state index contributed by atoms with van der Waals surface area (Å²) in [5, 5.41) is 2.77. The van der Waals surface area contributed by atoms with Crippen LogP contribution in [-0.2, 0) is 4.79 Å². The molecule has 0 atom stereocenters. The summed E-state index contributed by atoms with van der Waals surface area (Å²) in [7, 11) is 0. The fourth-order valence-corrected chi connectivity index (χ4v) is 2.92. The Bertz CT molecular complexity index is 505. The van der Waals surface area contributed by atoms with Gasteiger partial charge in [-0.25, -0.2) is 4.39 Å². The van der Waals surface area contributed by atoms with E-state index in [0.29, 0.717) is 18.5 Å². The Morgan fingerprint density at radius 1 is 1.29 bits per heavy atom. The molecule has 0 radical (unpaired) electrons. The number of benzene rings is 1. The van der Waals surface area contributed by atoms with Crippen LogP contribution < -0.4 is 11.1 Å². The van der Waals surface area contributed by atoms with Gasteiger partial charge in [-0.2, -0.15) is 0 Å². The van der Waals surface area contributed by atoms with Gasteiger partial charge in [-0.3, -0.25) is 4.79 Å². The second kappa shape index (κ2) is 7.50. The number of aryl methyl sites for hydroxylation is 1. The van der Waals surface area contributed by atoms with E-state index >= 15 is 0 Å². The topological polar surface area (TPSA) is 55.1 Å². The van der Waals surface area contributed by atoms with Crippen LogP contribution in [0, 0.1) is 18.2 Å². The SMILES string of the molecule is CCCC(CCC)(C(=O)Nc1cc(C)cc(F)c1)C(N)=S. The van der Waals surface area contributed by atoms with Crippen molar-refractivity contribution in [2.75, 3.05) is 5.32 Å². The van der Waals surface area contributed by atoms with Crippen LogP contribution in [0.25, 0.3) is 0 Å². The standard InChI is InChI=1S/C16H23FN2OS/c1-4-6-16(7-5-2,14(18)21)15(20)19-13-9-11(3)8-12(17)10-13/h8-10H,4-7H2,1-3H3,(H2,18,21)(H,19,20). The molecule has 3 nitrogen and oxygen atoms in total. The van der Waals surface area contributed by atoms with Crippen LogP contribution in [0.4, 0.5) is 10.1 Å². The number of rotatable bonds is 7. The molecule has 1 amide bonds. The Balaban J connectivity index is 3.07. The maximum Gasteiger partial charge on any atom is 0.237 e. The summed E-state index contributed by atoms with van der Waals surface area (Å²) in [5.74, 6) is -0.624. The fraction of sp³-hybridized carbons (Fsp3) is 0.500. The Labute approximate surface area is 131 Å². The Hall–Kier alpha value is -1.49. The molecular weight excluding hydrogens is 287 g/mol. The van der Waals surface area contributed by atoms with E-state index in [2.05, 4.69) is 5.32 Å². The van der Waals surface area contributed by atoms with Gasteiger partial charge in [0.1, 0.15) is 5.82 Å². The van der Waals surface area contributed by atoms with Gasteiger partial charge >= 0.3 is 0 Å². The zero-order chi connectivity index (χ0) is 16.0. The lowest BCUT2D eigenvalue weighted by Gasteiger charge is -2.31. The van der Waals surface area contributed by atoms with E-state index in [1.54, 1.807) is 13.0 Å². The lowest BCUT2D eigenvalue weighted by atomic mass is 9.78. The number of thiocarbonyl (C=S) groups is 1. The molecule has 21 heavy (non-hydrogen) atoms. The van der Waals surface area contributed by atoms with Gasteiger partial charge in [0.05, 0.1) is 10.4 Å². The van der Waals surface area contributed by atoms with Gasteiger partial charge < -0.3 is 11.1 Å². The second-order valence-electron chi connectivity index (χ2n) is 5.42. The number of nitrogens with one attached hydrogen (secondary N) is 1. The van der Waals surface area contributed by atoms with Gasteiger partial charge in [-0.05, 0) is 43.5 Å². The van der Waals surface area contributed by atoms with Crippen LogP contribution in [0.15, 0.2) is 18.2 Å². The number of carbonyl (C=O) groups is 1. The molecule has 3 N–H and O–H groups in total. The molecule has 1 aromatic rings. The number of carbonyl (C=O) groups excluding carboxylic acids is 1. The first-order chi connectivity index (χ1) is 9.85. The van der Waals surface area contributed by atoms with Crippen LogP contribution in [0.5, 0.6) is 0 Å². The van der Waals surface area contributed by atoms with E-state index in [1.165, 1.54) is 12.1 Å². The highest BCUT2D eigenvalue weighted by Crippen LogP contribution is 2.32. The summed E-state index contributed by atoms with van der Waals surface area (Å²) in [6, 6.07) is 4.44. The molecular formula is C16H23FN2OS. The summed E-state index contributed by atoms with van der Waals surface area (Å²) in [4.78, 5) is 12.9. The molecule has 5 heteroatoms. The van der Waals surface area contributed by atoms with Crippen LogP contribution >= 0.6 is 12.2 Å². The van der Waals surface area contributed by atoms with Crippen molar-refractivity contribution < 1.29 is 9.18 Å². The molecule has 0 aliphatic carbocycles. The van der Waals surface area contributed by atoms with Gasteiger partial charge in [-0.15, -0.1) is 0 Å². The molecule has 0 heterocycles. The van der Waals surface area contributed by atoms with Crippen molar-refractivity contribution in [3.63, 3.8) is 0 Å². The van der Waals surface area contributed by atoms with Gasteiger partial charge in [0.15, 0.2) is 0 Å². The van der Waals surface area contributed by atoms with Crippen molar-refractivity contribution in [3.05, 3.63) is 29.6 Å². The first-order valence-corrected chi connectivity index (χ1v) is 7.65. The fourth-order valence-electron chi connectivity index (χ4n) is 2.62. The average molecular weight is 310 g/mol. The van der Waals surface area contributed by atoms with Crippen LogP contribution in [0.1, 0.15) is 45.1 Å². The predicted octanol–water partition coefficient (Wildman–Crippen LogP) is 3.95. The zero-order valence-electron chi connectivity index (χ0n) is 12.8. The van der Waals surface area contributed by atoms with E-state index in [0.717, 1.165) is 18.4 Å². The Morgan fingerprint density at radius 2 is 1.86 bits per heavy atom. The van der Waals surface area contributed by atoms with E-state index in [9.17, 15) is 9.18 Å². The van der Waals surface area contributed by atoms with Gasteiger partial charge in [0, 0.05) is 5.69 Å². The number of amides is 1. The van der Waals surface area contributed by atoms with Crippen molar-refractivity contribution >= 4 is 28.8 Å². The molecule has 0 fully saturated rings. The third kappa shape index (κ3) is 4.24. The second-order valence-corrected chi connectivity index (χ2v) is 5.86. The normalized spacial score (nSPS) is 11.2. The Kier molecular flexibility index (Phi) is 6.27. The van der Waals surface area contributed by atoms with E-state index in [-0.39, 0.29) is 16.7 Å². The predicted molar refractivity (Wildman–Crippen MR) is 88.8 cm³/mol. The van der Waals surface area contributed by atoms with E-state index in [4.69, 9.17) is 18.0 Å². The lowest BCUT2D eigenvalue weighted by molar-refractivity contribution is -0.122. The number of anilines is 1. The van der Waals surface area contributed by atoms with Crippen molar-refractivity contribution in [3.8, 4) is 0 Å². The minimum absolute atomic E-state index is 0.205. The minimum atomic E-state index is -0.862. The van der Waals surface area contributed by atoms with Crippen LogP contribution in [-0.4, -0.2) is 10.9 Å². The highest BCUT2D eigenvalue weighted by molar-refractivity contribution is 7.80. The summed E-state index contributed by atoms with van der Waals surface area (Å²) >= 11 is 5.15. The van der Waals surface area contributed by atoms with Crippen molar-refractivity contribution in [2.24, 2.45) is 11.1 Å². The number of nitrogens with two attached hydrogens (primary N) is 1. The van der Waals surface area contributed by atoms with E-state index < -0.39 is 5.41 Å². The molecule has 0 aromatic heterocycles. The van der Waals surface area contributed by atoms with Crippen LogP contribution in [0.3, 0.4) is 0 Å². The van der Waals surface area contributed by atoms with Crippen molar-refractivity contribution in [1.82, 2.24) is 0 Å². The van der Waals surface area contributed by atoms with E-state index in [1.807, 2.05) is 13.8 Å². The molecule has 0 aliphatic rings. The first-order valence-electron chi connectivity index (χ1n) is 7.24. The third-order valence-electron chi connectivity index (χ3n) is 3.56. The summed E-state index contributed by atoms with van der Waals surface area (Å²) in [6.07, 6.45) is 2.78. The van der Waals surface area contributed by atoms with Gasteiger partial charge in [-0.1, -0.05) is 38.9 Å². The first kappa shape index (κ1) is 17.6. The van der Waals surface area contributed by atoms with Crippen LogP contribution in [0.2, 0.25) is 0 Å². The van der Waals surface area contributed by atoms with Crippen molar-refractivity contribution in [1.29, 1.82) is 0 Å². The maximum atomic E-state index is 13.4.